The minimum absolute atomic E-state index is 0.357. The summed E-state index contributed by atoms with van der Waals surface area (Å²) in [6.45, 7) is 8.36. The molecule has 2 N–H and O–H groups in total. The van der Waals surface area contributed by atoms with Crippen molar-refractivity contribution in [2.24, 2.45) is 0 Å². The van der Waals surface area contributed by atoms with Gasteiger partial charge in [0.25, 0.3) is 0 Å². The molecule has 1 aromatic rings. The molecular formula is C14H24N4S. The van der Waals surface area contributed by atoms with Gasteiger partial charge in [0, 0.05) is 30.3 Å². The molecule has 0 spiro atoms. The minimum atomic E-state index is 0.357. The fourth-order valence-electron chi connectivity index (χ4n) is 2.27. The predicted octanol–water partition coefficient (Wildman–Crippen LogP) is 3.17. The topological polar surface area (TPSA) is 49.8 Å². The van der Waals surface area contributed by atoms with E-state index in [-0.39, 0.29) is 0 Å². The Bertz CT molecular complexity index is 416. The zero-order valence-corrected chi connectivity index (χ0v) is 12.9. The molecule has 0 amide bonds. The van der Waals surface area contributed by atoms with Crippen LogP contribution in [0.1, 0.15) is 39.4 Å². The third-order valence-electron chi connectivity index (χ3n) is 3.39. The van der Waals surface area contributed by atoms with Gasteiger partial charge in [0.15, 0.2) is 0 Å². The maximum atomic E-state index is 4.55. The number of nitrogens with one attached hydrogen (secondary N) is 2. The fourth-order valence-corrected chi connectivity index (χ4v) is 3.52. The second-order valence-corrected chi connectivity index (χ2v) is 6.88. The van der Waals surface area contributed by atoms with Crippen LogP contribution in [0.2, 0.25) is 0 Å². The van der Waals surface area contributed by atoms with Gasteiger partial charge in [-0.2, -0.15) is 11.8 Å². The zero-order chi connectivity index (χ0) is 13.7. The van der Waals surface area contributed by atoms with Gasteiger partial charge < -0.3 is 10.6 Å². The predicted molar refractivity (Wildman–Crippen MR) is 84.2 cm³/mol. The monoisotopic (exact) mass is 280 g/mol. The van der Waals surface area contributed by atoms with E-state index in [1.54, 1.807) is 0 Å². The lowest BCUT2D eigenvalue weighted by atomic mass is 10.1. The Morgan fingerprint density at radius 1 is 1.26 bits per heavy atom. The van der Waals surface area contributed by atoms with Crippen molar-refractivity contribution in [3.05, 3.63) is 11.9 Å². The molecule has 2 rings (SSSR count). The van der Waals surface area contributed by atoms with Gasteiger partial charge in [0.1, 0.15) is 17.5 Å². The number of aromatic nitrogens is 2. The third-order valence-corrected chi connectivity index (χ3v) is 4.93. The van der Waals surface area contributed by atoms with Crippen molar-refractivity contribution in [2.45, 2.75) is 44.8 Å². The van der Waals surface area contributed by atoms with Crippen LogP contribution in [0.25, 0.3) is 0 Å². The van der Waals surface area contributed by atoms with E-state index in [9.17, 15) is 0 Å². The van der Waals surface area contributed by atoms with Crippen LogP contribution >= 0.6 is 11.8 Å². The molecule has 106 valence electrons. The lowest BCUT2D eigenvalue weighted by Gasteiger charge is -2.23. The molecule has 1 unspecified atom stereocenters. The first-order valence-electron chi connectivity index (χ1n) is 7.15. The van der Waals surface area contributed by atoms with Crippen LogP contribution in [0.5, 0.6) is 0 Å². The highest BCUT2D eigenvalue weighted by Gasteiger charge is 2.29. The number of nitrogens with zero attached hydrogens (tertiary/aromatic N) is 2. The summed E-state index contributed by atoms with van der Waals surface area (Å²) < 4.78 is 0.357. The van der Waals surface area contributed by atoms with Crippen LogP contribution in [0, 0.1) is 0 Å². The van der Waals surface area contributed by atoms with Crippen molar-refractivity contribution in [1.82, 2.24) is 9.97 Å². The van der Waals surface area contributed by atoms with E-state index in [2.05, 4.69) is 53.1 Å². The Morgan fingerprint density at radius 3 is 2.58 bits per heavy atom. The van der Waals surface area contributed by atoms with Crippen molar-refractivity contribution >= 4 is 23.4 Å². The van der Waals surface area contributed by atoms with E-state index in [1.807, 2.05) is 6.07 Å². The van der Waals surface area contributed by atoms with E-state index in [0.717, 1.165) is 37.0 Å². The van der Waals surface area contributed by atoms with Crippen molar-refractivity contribution in [3.63, 3.8) is 0 Å². The van der Waals surface area contributed by atoms with Crippen molar-refractivity contribution < 1.29 is 0 Å². The summed E-state index contributed by atoms with van der Waals surface area (Å²) in [5.41, 5.74) is 0. The summed E-state index contributed by atoms with van der Waals surface area (Å²) in [5.74, 6) is 4.04. The van der Waals surface area contributed by atoms with E-state index >= 15 is 0 Å². The molecule has 0 aliphatic carbocycles. The quantitative estimate of drug-likeness (QED) is 0.838. The van der Waals surface area contributed by atoms with Gasteiger partial charge in [-0.05, 0) is 32.4 Å². The number of hydrogen-bond acceptors (Lipinski definition) is 5. The molecule has 1 atom stereocenters. The Balaban J connectivity index is 2.04. The molecule has 0 aromatic carbocycles. The van der Waals surface area contributed by atoms with Crippen LogP contribution in [0.4, 0.5) is 11.6 Å². The summed E-state index contributed by atoms with van der Waals surface area (Å²) in [4.78, 5) is 9.03. The van der Waals surface area contributed by atoms with Crippen molar-refractivity contribution in [1.29, 1.82) is 0 Å². The highest BCUT2D eigenvalue weighted by atomic mass is 32.2. The smallest absolute Gasteiger partial charge is 0.132 e. The van der Waals surface area contributed by atoms with Gasteiger partial charge in [-0.3, -0.25) is 0 Å². The molecule has 0 saturated carbocycles. The van der Waals surface area contributed by atoms with E-state index in [0.29, 0.717) is 4.75 Å². The van der Waals surface area contributed by atoms with Gasteiger partial charge in [-0.1, -0.05) is 6.92 Å². The van der Waals surface area contributed by atoms with Crippen LogP contribution < -0.4 is 10.6 Å². The Kier molecular flexibility index (Phi) is 4.91. The zero-order valence-electron chi connectivity index (χ0n) is 12.1. The number of hydrogen-bond donors (Lipinski definition) is 2. The minimum Gasteiger partial charge on any atom is -0.370 e. The van der Waals surface area contributed by atoms with Gasteiger partial charge in [0.2, 0.25) is 0 Å². The molecule has 5 heteroatoms. The van der Waals surface area contributed by atoms with E-state index < -0.39 is 0 Å². The Hall–Kier alpha value is -0.970. The summed E-state index contributed by atoms with van der Waals surface area (Å²) in [5, 5.41) is 6.75. The second-order valence-electron chi connectivity index (χ2n) is 5.19. The molecule has 0 bridgehead atoms. The first-order chi connectivity index (χ1) is 9.15. The molecule has 4 nitrogen and oxygen atoms in total. The SMILES string of the molecule is CCNc1cc(NCC2(C)CCCS2)nc(CC)n1. The number of aryl methyl sites for hydroxylation is 1. The number of anilines is 2. The highest BCUT2D eigenvalue weighted by Crippen LogP contribution is 2.37. The van der Waals surface area contributed by atoms with E-state index in [1.165, 1.54) is 18.6 Å². The number of rotatable bonds is 6. The van der Waals surface area contributed by atoms with Crippen LogP contribution in [-0.2, 0) is 6.42 Å². The lowest BCUT2D eigenvalue weighted by Crippen LogP contribution is -2.27. The van der Waals surface area contributed by atoms with Crippen LogP contribution in [0.15, 0.2) is 6.07 Å². The lowest BCUT2D eigenvalue weighted by molar-refractivity contribution is 0.633. The maximum absolute atomic E-state index is 4.55. The van der Waals surface area contributed by atoms with E-state index in [4.69, 9.17) is 0 Å². The normalized spacial score (nSPS) is 22.5. The molecule has 19 heavy (non-hydrogen) atoms. The first-order valence-corrected chi connectivity index (χ1v) is 8.13. The summed E-state index contributed by atoms with van der Waals surface area (Å²) >= 11 is 2.07. The van der Waals surface area contributed by atoms with Crippen LogP contribution in [0.3, 0.4) is 0 Å². The van der Waals surface area contributed by atoms with Gasteiger partial charge >= 0.3 is 0 Å². The molecular weight excluding hydrogens is 256 g/mol. The molecule has 1 aliphatic heterocycles. The molecule has 0 radical (unpaired) electrons. The number of thioether (sulfide) groups is 1. The average molecular weight is 280 g/mol. The van der Waals surface area contributed by atoms with Gasteiger partial charge in [0.05, 0.1) is 0 Å². The van der Waals surface area contributed by atoms with Gasteiger partial charge in [-0.15, -0.1) is 0 Å². The average Bonchev–Trinajstić information content (AvgIpc) is 2.84. The standard InChI is InChI=1S/C14H24N4S/c1-4-11-17-12(15-5-2)9-13(18-11)16-10-14(3)7-6-8-19-14/h9H,4-8,10H2,1-3H3,(H2,15,16,17,18). The largest absolute Gasteiger partial charge is 0.370 e. The molecule has 1 saturated heterocycles. The molecule has 1 aromatic heterocycles. The molecule has 2 heterocycles. The van der Waals surface area contributed by atoms with Gasteiger partial charge in [-0.25, -0.2) is 9.97 Å². The third kappa shape index (κ3) is 4.00. The second kappa shape index (κ2) is 6.46. The Labute approximate surface area is 120 Å². The van der Waals surface area contributed by atoms with Crippen LogP contribution in [-0.4, -0.2) is 33.6 Å². The van der Waals surface area contributed by atoms with Crippen molar-refractivity contribution in [3.8, 4) is 0 Å². The first kappa shape index (κ1) is 14.4. The summed E-state index contributed by atoms with van der Waals surface area (Å²) in [6.07, 6.45) is 3.48. The molecule has 1 aliphatic rings. The summed E-state index contributed by atoms with van der Waals surface area (Å²) in [6, 6.07) is 2.01. The van der Waals surface area contributed by atoms with Crippen molar-refractivity contribution in [2.75, 3.05) is 29.5 Å². The maximum Gasteiger partial charge on any atom is 0.132 e. The molecule has 1 fully saturated rings. The Morgan fingerprint density at radius 2 is 2.00 bits per heavy atom. The highest BCUT2D eigenvalue weighted by molar-refractivity contribution is 8.00. The summed E-state index contributed by atoms with van der Waals surface area (Å²) in [7, 11) is 0. The fraction of sp³-hybridized carbons (Fsp3) is 0.714.